The molecule has 3 N–H and O–H groups in total. The van der Waals surface area contributed by atoms with E-state index in [-0.39, 0.29) is 18.9 Å². The first kappa shape index (κ1) is 17.6. The summed E-state index contributed by atoms with van der Waals surface area (Å²) in [5.41, 5.74) is 0. The van der Waals surface area contributed by atoms with Crippen LogP contribution >= 0.6 is 0 Å². The predicted octanol–water partition coefficient (Wildman–Crippen LogP) is -1.72. The lowest BCUT2D eigenvalue weighted by Crippen LogP contribution is -2.49. The summed E-state index contributed by atoms with van der Waals surface area (Å²) in [5, 5.41) is 13.2. The molecule has 0 fully saturated rings. The molecule has 0 radical (unpaired) electrons. The number of sulfonamides is 1. The minimum atomic E-state index is -3.40. The summed E-state index contributed by atoms with van der Waals surface area (Å²) in [6, 6.07) is -1.95. The smallest absolute Gasteiger partial charge is 0.328 e. The fourth-order valence-electron chi connectivity index (χ4n) is 1.03. The number of aliphatic carboxylic acids is 1. The van der Waals surface area contributed by atoms with E-state index in [2.05, 4.69) is 15.4 Å². The number of nitrogens with zero attached hydrogens (tertiary/aromatic N) is 1. The Morgan fingerprint density at radius 3 is 2.37 bits per heavy atom. The van der Waals surface area contributed by atoms with E-state index in [1.165, 1.54) is 21.2 Å². The second-order valence-corrected chi connectivity index (χ2v) is 6.15. The van der Waals surface area contributed by atoms with Crippen LogP contribution in [0, 0.1) is 0 Å². The number of ether oxygens (including phenoxy) is 1. The van der Waals surface area contributed by atoms with Crippen LogP contribution in [0.4, 0.5) is 4.79 Å². The van der Waals surface area contributed by atoms with Crippen molar-refractivity contribution in [1.29, 1.82) is 0 Å². The molecule has 0 aliphatic heterocycles. The lowest BCUT2D eigenvalue weighted by molar-refractivity contribution is -0.140. The van der Waals surface area contributed by atoms with E-state index in [0.29, 0.717) is 0 Å². The van der Waals surface area contributed by atoms with E-state index in [9.17, 15) is 18.0 Å². The normalized spacial score (nSPS) is 13.1. The Balaban J connectivity index is 4.16. The molecule has 0 heterocycles. The maximum absolute atomic E-state index is 11.4. The van der Waals surface area contributed by atoms with Gasteiger partial charge in [-0.25, -0.2) is 22.3 Å². The van der Waals surface area contributed by atoms with Gasteiger partial charge in [0.2, 0.25) is 10.0 Å². The summed E-state index contributed by atoms with van der Waals surface area (Å²) >= 11 is 0. The number of carboxylic acids is 1. The Morgan fingerprint density at radius 2 is 1.95 bits per heavy atom. The fraction of sp³-hybridized carbons (Fsp3) is 0.778. The SMILES string of the molecule is COCC(NC(=O)NCCS(=O)(=O)N(C)C)C(=O)O. The van der Waals surface area contributed by atoms with Crippen LogP contribution in [0.2, 0.25) is 0 Å². The van der Waals surface area contributed by atoms with Gasteiger partial charge >= 0.3 is 12.0 Å². The zero-order valence-corrected chi connectivity index (χ0v) is 11.9. The van der Waals surface area contributed by atoms with E-state index in [0.717, 1.165) is 4.31 Å². The molecule has 1 atom stereocenters. The summed E-state index contributed by atoms with van der Waals surface area (Å²) in [4.78, 5) is 22.1. The van der Waals surface area contributed by atoms with Crippen molar-refractivity contribution in [3.63, 3.8) is 0 Å². The lowest BCUT2D eigenvalue weighted by Gasteiger charge is -2.15. The first-order chi connectivity index (χ1) is 8.70. The molecule has 0 saturated carbocycles. The van der Waals surface area contributed by atoms with Gasteiger partial charge in [0.1, 0.15) is 0 Å². The summed E-state index contributed by atoms with van der Waals surface area (Å²) in [7, 11) is 0.672. The summed E-state index contributed by atoms with van der Waals surface area (Å²) in [6.07, 6.45) is 0. The first-order valence-corrected chi connectivity index (χ1v) is 6.98. The van der Waals surface area contributed by atoms with Gasteiger partial charge in [-0.05, 0) is 0 Å². The van der Waals surface area contributed by atoms with Crippen LogP contribution in [-0.2, 0) is 19.6 Å². The molecule has 0 aromatic heterocycles. The lowest BCUT2D eigenvalue weighted by atomic mass is 10.3. The van der Waals surface area contributed by atoms with Gasteiger partial charge in [0, 0.05) is 27.7 Å². The molecule has 0 spiro atoms. The van der Waals surface area contributed by atoms with Gasteiger partial charge in [-0.1, -0.05) is 0 Å². The third-order valence-electron chi connectivity index (χ3n) is 2.14. The molecule has 0 rings (SSSR count). The van der Waals surface area contributed by atoms with E-state index in [1.807, 2.05) is 0 Å². The van der Waals surface area contributed by atoms with Gasteiger partial charge in [0.05, 0.1) is 12.4 Å². The minimum absolute atomic E-state index is 0.119. The van der Waals surface area contributed by atoms with Crippen molar-refractivity contribution in [2.45, 2.75) is 6.04 Å². The average Bonchev–Trinajstić information content (AvgIpc) is 2.27. The minimum Gasteiger partial charge on any atom is -0.480 e. The molecule has 0 aliphatic rings. The zero-order chi connectivity index (χ0) is 15.1. The molecular weight excluding hydrogens is 278 g/mol. The molecule has 2 amide bonds. The quantitative estimate of drug-likeness (QED) is 0.489. The number of amides is 2. The van der Waals surface area contributed by atoms with Crippen molar-refractivity contribution in [2.75, 3.05) is 40.1 Å². The van der Waals surface area contributed by atoms with Crippen molar-refractivity contribution in [1.82, 2.24) is 14.9 Å². The van der Waals surface area contributed by atoms with Crippen LogP contribution in [0.3, 0.4) is 0 Å². The molecule has 19 heavy (non-hydrogen) atoms. The average molecular weight is 297 g/mol. The van der Waals surface area contributed by atoms with Crippen molar-refractivity contribution in [2.24, 2.45) is 0 Å². The van der Waals surface area contributed by atoms with E-state index in [4.69, 9.17) is 5.11 Å². The molecule has 0 bridgehead atoms. The van der Waals surface area contributed by atoms with E-state index < -0.39 is 28.1 Å². The van der Waals surface area contributed by atoms with Crippen LogP contribution in [-0.4, -0.2) is 76.0 Å². The van der Waals surface area contributed by atoms with E-state index >= 15 is 0 Å². The predicted molar refractivity (Wildman–Crippen MR) is 67.3 cm³/mol. The summed E-state index contributed by atoms with van der Waals surface area (Å²) in [6.45, 7) is -0.301. The number of hydrogen-bond donors (Lipinski definition) is 3. The molecular formula is C9H19N3O6S. The topological polar surface area (TPSA) is 125 Å². The molecule has 9 nitrogen and oxygen atoms in total. The third kappa shape index (κ3) is 6.94. The van der Waals surface area contributed by atoms with Gasteiger partial charge in [-0.15, -0.1) is 0 Å². The Morgan fingerprint density at radius 1 is 1.37 bits per heavy atom. The molecule has 0 aromatic carbocycles. The van der Waals surface area contributed by atoms with E-state index in [1.54, 1.807) is 0 Å². The van der Waals surface area contributed by atoms with Crippen molar-refractivity contribution >= 4 is 22.0 Å². The summed E-state index contributed by atoms with van der Waals surface area (Å²) in [5.74, 6) is -1.51. The standard InChI is InChI=1S/C9H19N3O6S/c1-12(2)19(16,17)5-4-10-9(15)11-7(6-18-3)8(13)14/h7H,4-6H2,1-3H3,(H,13,14)(H2,10,11,15). The molecule has 0 saturated heterocycles. The van der Waals surface area contributed by atoms with Gasteiger partial charge in [-0.3, -0.25) is 0 Å². The number of nitrogens with one attached hydrogen (secondary N) is 2. The number of methoxy groups -OCH3 is 1. The molecule has 0 aliphatic carbocycles. The van der Waals surface area contributed by atoms with Crippen molar-refractivity contribution in [3.8, 4) is 0 Å². The number of carbonyl (C=O) groups excluding carboxylic acids is 1. The first-order valence-electron chi connectivity index (χ1n) is 5.37. The maximum atomic E-state index is 11.4. The number of hydrogen-bond acceptors (Lipinski definition) is 5. The summed E-state index contributed by atoms with van der Waals surface area (Å²) < 4.78 is 28.4. The second-order valence-electron chi connectivity index (χ2n) is 3.84. The highest BCUT2D eigenvalue weighted by Crippen LogP contribution is 1.92. The van der Waals surface area contributed by atoms with Crippen molar-refractivity contribution in [3.05, 3.63) is 0 Å². The molecule has 1 unspecified atom stereocenters. The highest BCUT2D eigenvalue weighted by atomic mass is 32.2. The van der Waals surface area contributed by atoms with Crippen LogP contribution in [0.1, 0.15) is 0 Å². The third-order valence-corrected chi connectivity index (χ3v) is 3.97. The van der Waals surface area contributed by atoms with Gasteiger partial charge in [0.15, 0.2) is 6.04 Å². The monoisotopic (exact) mass is 297 g/mol. The number of rotatable bonds is 8. The highest BCUT2D eigenvalue weighted by Gasteiger charge is 2.20. The zero-order valence-electron chi connectivity index (χ0n) is 11.0. The van der Waals surface area contributed by atoms with Gasteiger partial charge in [-0.2, -0.15) is 0 Å². The van der Waals surface area contributed by atoms with Gasteiger partial charge < -0.3 is 20.5 Å². The number of urea groups is 1. The van der Waals surface area contributed by atoms with Crippen LogP contribution in [0.15, 0.2) is 0 Å². The van der Waals surface area contributed by atoms with Crippen LogP contribution in [0.5, 0.6) is 0 Å². The van der Waals surface area contributed by atoms with Gasteiger partial charge in [0.25, 0.3) is 0 Å². The maximum Gasteiger partial charge on any atom is 0.328 e. The Bertz CT molecular complexity index is 408. The van der Waals surface area contributed by atoms with Crippen LogP contribution < -0.4 is 10.6 Å². The highest BCUT2D eigenvalue weighted by molar-refractivity contribution is 7.89. The largest absolute Gasteiger partial charge is 0.480 e. The van der Waals surface area contributed by atoms with Crippen molar-refractivity contribution < 1.29 is 27.9 Å². The number of carbonyl (C=O) groups is 2. The molecule has 112 valence electrons. The molecule has 10 heteroatoms. The Labute approximate surface area is 112 Å². The number of carboxylic acid groups (broad SMARTS) is 1. The molecule has 0 aromatic rings. The fourth-order valence-corrected chi connectivity index (χ4v) is 1.75. The Hall–Kier alpha value is -1.39. The second kappa shape index (κ2) is 7.92. The Kier molecular flexibility index (Phi) is 7.34. The van der Waals surface area contributed by atoms with Crippen LogP contribution in [0.25, 0.3) is 0 Å².